The van der Waals surface area contributed by atoms with Crippen LogP contribution in [0.15, 0.2) is 23.9 Å². The van der Waals surface area contributed by atoms with E-state index in [1.54, 1.807) is 6.92 Å². The highest BCUT2D eigenvalue weighted by molar-refractivity contribution is 5.43. The van der Waals surface area contributed by atoms with Gasteiger partial charge in [-0.15, -0.1) is 4.48 Å². The molecule has 2 nitrogen and oxygen atoms in total. The molecule has 0 saturated heterocycles. The third-order valence-corrected chi connectivity index (χ3v) is 3.37. The Labute approximate surface area is 117 Å². The molecular formula is C13H12F6N2. The SMILES string of the molecule is Cc1cc(C)c(C2(F)C(F)C(F)=C(F)N(F)N2F)c(C)c1. The third-order valence-electron chi connectivity index (χ3n) is 3.37. The molecule has 1 heterocycles. The van der Waals surface area contributed by atoms with Crippen LogP contribution in [0, 0.1) is 20.8 Å². The Kier molecular flexibility index (Phi) is 3.69. The number of rotatable bonds is 1. The van der Waals surface area contributed by atoms with Gasteiger partial charge in [-0.3, -0.25) is 0 Å². The molecule has 8 heteroatoms. The van der Waals surface area contributed by atoms with Crippen molar-refractivity contribution in [1.29, 1.82) is 0 Å². The van der Waals surface area contributed by atoms with Gasteiger partial charge in [0.2, 0.25) is 6.17 Å². The number of alkyl halides is 2. The molecule has 1 aliphatic heterocycles. The zero-order valence-corrected chi connectivity index (χ0v) is 11.4. The largest absolute Gasteiger partial charge is 0.276 e. The van der Waals surface area contributed by atoms with Gasteiger partial charge in [0.25, 0.3) is 11.7 Å². The van der Waals surface area contributed by atoms with E-state index in [0.29, 0.717) is 5.56 Å². The van der Waals surface area contributed by atoms with E-state index in [-0.39, 0.29) is 11.1 Å². The van der Waals surface area contributed by atoms with Crippen molar-refractivity contribution in [2.45, 2.75) is 32.7 Å². The predicted octanol–water partition coefficient (Wildman–Crippen LogP) is 4.48. The van der Waals surface area contributed by atoms with E-state index in [0.717, 1.165) is 0 Å². The number of aryl methyl sites for hydroxylation is 3. The Balaban J connectivity index is 2.72. The molecule has 1 aromatic carbocycles. The van der Waals surface area contributed by atoms with Crippen LogP contribution in [0.5, 0.6) is 0 Å². The summed E-state index contributed by atoms with van der Waals surface area (Å²) in [6.45, 7) is 4.34. The molecule has 0 fully saturated rings. The van der Waals surface area contributed by atoms with E-state index in [1.807, 2.05) is 0 Å². The summed E-state index contributed by atoms with van der Waals surface area (Å²) in [6.07, 6.45) is -3.34. The first-order chi connectivity index (χ1) is 9.62. The fourth-order valence-electron chi connectivity index (χ4n) is 2.61. The molecule has 1 aromatic rings. The van der Waals surface area contributed by atoms with Crippen molar-refractivity contribution in [2.75, 3.05) is 0 Å². The summed E-state index contributed by atoms with van der Waals surface area (Å²) < 4.78 is 82.1. The van der Waals surface area contributed by atoms with Crippen LogP contribution in [0.4, 0.5) is 26.5 Å². The summed E-state index contributed by atoms with van der Waals surface area (Å²) in [5.74, 6) is -8.63. The second-order valence-electron chi connectivity index (χ2n) is 4.97. The molecule has 2 rings (SSSR count). The minimum Gasteiger partial charge on any atom is -0.234 e. The van der Waals surface area contributed by atoms with Crippen LogP contribution in [0.3, 0.4) is 0 Å². The van der Waals surface area contributed by atoms with Gasteiger partial charge in [0.15, 0.2) is 5.83 Å². The molecule has 0 aromatic heterocycles. The summed E-state index contributed by atoms with van der Waals surface area (Å²) in [4.78, 5) is 0. The van der Waals surface area contributed by atoms with Gasteiger partial charge in [-0.25, -0.2) is 13.2 Å². The minimum absolute atomic E-state index is 0.0869. The lowest BCUT2D eigenvalue weighted by atomic mass is 9.89. The van der Waals surface area contributed by atoms with Gasteiger partial charge >= 0.3 is 0 Å². The van der Waals surface area contributed by atoms with E-state index in [4.69, 9.17) is 0 Å². The van der Waals surface area contributed by atoms with Crippen molar-refractivity contribution in [3.63, 3.8) is 0 Å². The Morgan fingerprint density at radius 3 is 2.00 bits per heavy atom. The molecule has 1 aliphatic rings. The maximum absolute atomic E-state index is 14.9. The molecule has 0 N–H and O–H groups in total. The predicted molar refractivity (Wildman–Crippen MR) is 63.5 cm³/mol. The molecule has 2 unspecified atom stereocenters. The van der Waals surface area contributed by atoms with Gasteiger partial charge in [0.05, 0.1) is 0 Å². The summed E-state index contributed by atoms with van der Waals surface area (Å²) in [5, 5.41) is -2.94. The number of halogens is 6. The number of hydrazine groups is 1. The molecule has 0 bridgehead atoms. The van der Waals surface area contributed by atoms with Crippen LogP contribution in [0.1, 0.15) is 22.3 Å². The molecule has 0 spiro atoms. The molecule has 0 amide bonds. The molecule has 0 radical (unpaired) electrons. The van der Waals surface area contributed by atoms with Crippen molar-refractivity contribution in [3.8, 4) is 0 Å². The van der Waals surface area contributed by atoms with Crippen LogP contribution in [0.25, 0.3) is 0 Å². The number of nitrogens with zero attached hydrogens (tertiary/aromatic N) is 2. The van der Waals surface area contributed by atoms with Gasteiger partial charge in [0.1, 0.15) is 0 Å². The van der Waals surface area contributed by atoms with E-state index in [9.17, 15) is 26.5 Å². The lowest BCUT2D eigenvalue weighted by Crippen LogP contribution is -2.54. The average molecular weight is 310 g/mol. The third kappa shape index (κ3) is 2.08. The van der Waals surface area contributed by atoms with E-state index < -0.39 is 39.8 Å². The normalized spacial score (nSPS) is 27.5. The van der Waals surface area contributed by atoms with Crippen LogP contribution in [-0.2, 0) is 5.79 Å². The van der Waals surface area contributed by atoms with Crippen LogP contribution in [-0.4, -0.2) is 16.6 Å². The highest BCUT2D eigenvalue weighted by atomic mass is 19.3. The average Bonchev–Trinajstić information content (AvgIpc) is 2.40. The highest BCUT2D eigenvalue weighted by Crippen LogP contribution is 2.48. The molecule has 21 heavy (non-hydrogen) atoms. The van der Waals surface area contributed by atoms with E-state index in [1.165, 1.54) is 26.0 Å². The number of hydrogen-bond acceptors (Lipinski definition) is 2. The summed E-state index contributed by atoms with van der Waals surface area (Å²) in [5.41, 5.74) is 0.259. The van der Waals surface area contributed by atoms with Crippen molar-refractivity contribution in [1.82, 2.24) is 10.5 Å². The van der Waals surface area contributed by atoms with E-state index in [2.05, 4.69) is 0 Å². The Morgan fingerprint density at radius 2 is 1.52 bits per heavy atom. The summed E-state index contributed by atoms with van der Waals surface area (Å²) in [6, 6.07) is 2.80. The fourth-order valence-corrected chi connectivity index (χ4v) is 2.61. The highest BCUT2D eigenvalue weighted by Gasteiger charge is 2.60. The minimum atomic E-state index is -3.84. The lowest BCUT2D eigenvalue weighted by molar-refractivity contribution is -0.370. The first-order valence-corrected chi connectivity index (χ1v) is 6.00. The first kappa shape index (κ1) is 15.7. The Hall–Kier alpha value is -1.70. The summed E-state index contributed by atoms with van der Waals surface area (Å²) >= 11 is 0. The monoisotopic (exact) mass is 310 g/mol. The Morgan fingerprint density at radius 1 is 1.05 bits per heavy atom. The number of hydrogen-bond donors (Lipinski definition) is 0. The van der Waals surface area contributed by atoms with Crippen LogP contribution < -0.4 is 0 Å². The van der Waals surface area contributed by atoms with Crippen molar-refractivity contribution in [3.05, 3.63) is 46.2 Å². The topological polar surface area (TPSA) is 6.48 Å². The van der Waals surface area contributed by atoms with Gasteiger partial charge in [0, 0.05) is 10.8 Å². The molecule has 2 atom stereocenters. The smallest absolute Gasteiger partial charge is 0.234 e. The van der Waals surface area contributed by atoms with Gasteiger partial charge in [-0.05, 0) is 31.9 Å². The molecular weight excluding hydrogens is 298 g/mol. The van der Waals surface area contributed by atoms with Crippen LogP contribution in [0.2, 0.25) is 0 Å². The maximum Gasteiger partial charge on any atom is 0.276 e. The lowest BCUT2D eigenvalue weighted by Gasteiger charge is -2.39. The van der Waals surface area contributed by atoms with Crippen LogP contribution >= 0.6 is 0 Å². The molecule has 116 valence electrons. The molecule has 0 saturated carbocycles. The molecule has 0 aliphatic carbocycles. The van der Waals surface area contributed by atoms with Gasteiger partial charge in [-0.1, -0.05) is 27.4 Å². The quantitative estimate of drug-likeness (QED) is 0.429. The van der Waals surface area contributed by atoms with E-state index >= 15 is 0 Å². The maximum atomic E-state index is 14.9. The standard InChI is InChI=1S/C13H12F6N2/c1-6-4-7(2)9(8(3)5-6)13(17)11(15)10(14)12(16)20(18)21(13)19/h4-5,11H,1-3H3. The van der Waals surface area contributed by atoms with Gasteiger partial charge < -0.3 is 0 Å². The zero-order valence-electron chi connectivity index (χ0n) is 11.4. The summed E-state index contributed by atoms with van der Waals surface area (Å²) in [7, 11) is 0. The second kappa shape index (κ2) is 4.94. The second-order valence-corrected chi connectivity index (χ2v) is 4.97. The fraction of sp³-hybridized carbons (Fsp3) is 0.385. The van der Waals surface area contributed by atoms with Crippen molar-refractivity contribution in [2.24, 2.45) is 0 Å². The zero-order chi connectivity index (χ0) is 16.1. The Bertz CT molecular complexity index is 594. The van der Waals surface area contributed by atoms with Crippen molar-refractivity contribution < 1.29 is 26.5 Å². The van der Waals surface area contributed by atoms with Crippen molar-refractivity contribution >= 4 is 0 Å². The first-order valence-electron chi connectivity index (χ1n) is 6.00. The van der Waals surface area contributed by atoms with Gasteiger partial charge in [-0.2, -0.15) is 4.39 Å². The number of benzene rings is 1.